The second-order valence-corrected chi connectivity index (χ2v) is 5.76. The first kappa shape index (κ1) is 16.1. The number of ether oxygens (including phenoxy) is 1. The monoisotopic (exact) mass is 282 g/mol. The van der Waals surface area contributed by atoms with Gasteiger partial charge in [-0.05, 0) is 40.2 Å². The zero-order valence-electron chi connectivity index (χ0n) is 11.4. The van der Waals surface area contributed by atoms with Gasteiger partial charge in [-0.1, -0.05) is 0 Å². The molecule has 1 aliphatic heterocycles. The van der Waals surface area contributed by atoms with E-state index >= 15 is 0 Å². The number of alkyl carbamates (subject to hydrolysis) is 1. The molecular weight excluding hydrogens is 261 g/mol. The zero-order valence-corrected chi connectivity index (χ0v) is 11.4. The maximum Gasteiger partial charge on any atom is 0.407 e. The fourth-order valence-corrected chi connectivity index (χ4v) is 2.09. The number of halogens is 3. The van der Waals surface area contributed by atoms with Gasteiger partial charge in [-0.2, -0.15) is 13.2 Å². The molecule has 0 aromatic rings. The first-order valence-corrected chi connectivity index (χ1v) is 6.36. The Kier molecular flexibility index (Phi) is 5.06. The molecule has 0 bridgehead atoms. The van der Waals surface area contributed by atoms with Gasteiger partial charge in [0.15, 0.2) is 0 Å². The average molecular weight is 282 g/mol. The summed E-state index contributed by atoms with van der Waals surface area (Å²) < 4.78 is 43.3. The van der Waals surface area contributed by atoms with Crippen LogP contribution >= 0.6 is 0 Å². The third kappa shape index (κ3) is 5.67. The Balaban J connectivity index is 2.48. The van der Waals surface area contributed by atoms with E-state index < -0.39 is 29.8 Å². The minimum absolute atomic E-state index is 0.0356. The van der Waals surface area contributed by atoms with Crippen LogP contribution in [0.3, 0.4) is 0 Å². The molecule has 0 radical (unpaired) electrons. The van der Waals surface area contributed by atoms with E-state index in [1.165, 1.54) is 0 Å². The summed E-state index contributed by atoms with van der Waals surface area (Å²) in [5, 5.41) is 4.87. The second kappa shape index (κ2) is 5.98. The summed E-state index contributed by atoms with van der Waals surface area (Å²) in [6.45, 7) is 5.42. The lowest BCUT2D eigenvalue weighted by molar-refractivity contribution is -0.171. The van der Waals surface area contributed by atoms with Crippen molar-refractivity contribution in [2.24, 2.45) is 5.92 Å². The largest absolute Gasteiger partial charge is 0.444 e. The van der Waals surface area contributed by atoms with Gasteiger partial charge in [-0.25, -0.2) is 4.79 Å². The molecule has 112 valence electrons. The lowest BCUT2D eigenvalue weighted by atomic mass is 9.90. The van der Waals surface area contributed by atoms with Crippen molar-refractivity contribution < 1.29 is 22.7 Å². The quantitative estimate of drug-likeness (QED) is 0.818. The number of alkyl halides is 3. The SMILES string of the molecule is CC(C)(C)OC(=O)NCC1CCCNC1C(F)(F)F. The van der Waals surface area contributed by atoms with Gasteiger partial charge in [0, 0.05) is 12.5 Å². The molecule has 1 saturated heterocycles. The van der Waals surface area contributed by atoms with Gasteiger partial charge in [-0.15, -0.1) is 0 Å². The molecule has 2 unspecified atom stereocenters. The maximum absolute atomic E-state index is 12.8. The van der Waals surface area contributed by atoms with Crippen molar-refractivity contribution >= 4 is 6.09 Å². The van der Waals surface area contributed by atoms with Gasteiger partial charge in [0.2, 0.25) is 0 Å². The third-order valence-electron chi connectivity index (χ3n) is 2.85. The van der Waals surface area contributed by atoms with E-state index in [-0.39, 0.29) is 6.54 Å². The summed E-state index contributed by atoms with van der Waals surface area (Å²) in [6.07, 6.45) is -3.86. The second-order valence-electron chi connectivity index (χ2n) is 5.76. The van der Waals surface area contributed by atoms with Crippen LogP contribution in [0.5, 0.6) is 0 Å². The molecule has 2 N–H and O–H groups in total. The highest BCUT2D eigenvalue weighted by Crippen LogP contribution is 2.30. The topological polar surface area (TPSA) is 50.4 Å². The molecule has 0 saturated carbocycles. The predicted octanol–water partition coefficient (Wildman–Crippen LogP) is 2.44. The summed E-state index contributed by atoms with van der Waals surface area (Å²) >= 11 is 0. The number of hydrogen-bond donors (Lipinski definition) is 2. The molecular formula is C12H21F3N2O2. The van der Waals surface area contributed by atoms with Crippen LogP contribution < -0.4 is 10.6 Å². The summed E-state index contributed by atoms with van der Waals surface area (Å²) in [6, 6.07) is -1.56. The normalized spacial score (nSPS) is 24.9. The van der Waals surface area contributed by atoms with E-state index in [2.05, 4.69) is 10.6 Å². The molecule has 1 heterocycles. The number of nitrogens with one attached hydrogen (secondary N) is 2. The van der Waals surface area contributed by atoms with Crippen molar-refractivity contribution in [3.8, 4) is 0 Å². The van der Waals surface area contributed by atoms with Gasteiger partial charge in [0.25, 0.3) is 0 Å². The van der Waals surface area contributed by atoms with Crippen LogP contribution in [0.15, 0.2) is 0 Å². The number of amides is 1. The van der Waals surface area contributed by atoms with E-state index in [4.69, 9.17) is 4.74 Å². The molecule has 0 aromatic heterocycles. The van der Waals surface area contributed by atoms with Gasteiger partial charge in [0.05, 0.1) is 0 Å². The molecule has 2 atom stereocenters. The number of carbonyl (C=O) groups excluding carboxylic acids is 1. The molecule has 0 aromatic carbocycles. The van der Waals surface area contributed by atoms with Crippen LogP contribution in [0.4, 0.5) is 18.0 Å². The molecule has 1 amide bonds. The molecule has 19 heavy (non-hydrogen) atoms. The van der Waals surface area contributed by atoms with Crippen LogP contribution in [-0.4, -0.2) is 37.0 Å². The first-order valence-electron chi connectivity index (χ1n) is 6.36. The standard InChI is InChI=1S/C12H21F3N2O2/c1-11(2,3)19-10(18)17-7-8-5-4-6-16-9(8)12(13,14)15/h8-9,16H,4-7H2,1-3H3,(H,17,18). The number of carbonyl (C=O) groups is 1. The van der Waals surface area contributed by atoms with Crippen molar-refractivity contribution in [3.63, 3.8) is 0 Å². The van der Waals surface area contributed by atoms with Crippen molar-refractivity contribution in [2.45, 2.75) is 51.4 Å². The fraction of sp³-hybridized carbons (Fsp3) is 0.917. The summed E-state index contributed by atoms with van der Waals surface area (Å²) in [4.78, 5) is 11.4. The Morgan fingerprint density at radius 3 is 2.53 bits per heavy atom. The summed E-state index contributed by atoms with van der Waals surface area (Å²) in [5.41, 5.74) is -0.654. The molecule has 0 spiro atoms. The van der Waals surface area contributed by atoms with E-state index in [1.807, 2.05) is 0 Å². The van der Waals surface area contributed by atoms with E-state index in [1.54, 1.807) is 20.8 Å². The van der Waals surface area contributed by atoms with Crippen LogP contribution in [0.2, 0.25) is 0 Å². The van der Waals surface area contributed by atoms with Crippen molar-refractivity contribution in [1.29, 1.82) is 0 Å². The fourth-order valence-electron chi connectivity index (χ4n) is 2.09. The number of rotatable bonds is 2. The van der Waals surface area contributed by atoms with Crippen molar-refractivity contribution in [2.75, 3.05) is 13.1 Å². The van der Waals surface area contributed by atoms with E-state index in [9.17, 15) is 18.0 Å². The lowest BCUT2D eigenvalue weighted by Gasteiger charge is -2.34. The Hall–Kier alpha value is -0.980. The van der Waals surface area contributed by atoms with Crippen molar-refractivity contribution in [3.05, 3.63) is 0 Å². The molecule has 7 heteroatoms. The smallest absolute Gasteiger partial charge is 0.407 e. The third-order valence-corrected chi connectivity index (χ3v) is 2.85. The van der Waals surface area contributed by atoms with Gasteiger partial charge >= 0.3 is 12.3 Å². The molecule has 1 aliphatic rings. The van der Waals surface area contributed by atoms with Crippen LogP contribution in [-0.2, 0) is 4.74 Å². The predicted molar refractivity (Wildman–Crippen MR) is 64.8 cm³/mol. The summed E-state index contributed by atoms with van der Waals surface area (Å²) in [5.74, 6) is -0.652. The van der Waals surface area contributed by atoms with Gasteiger partial charge < -0.3 is 15.4 Å². The Morgan fingerprint density at radius 2 is 2.00 bits per heavy atom. The molecule has 1 fully saturated rings. The van der Waals surface area contributed by atoms with E-state index in [0.29, 0.717) is 19.4 Å². The number of hydrogen-bond acceptors (Lipinski definition) is 3. The minimum Gasteiger partial charge on any atom is -0.444 e. The minimum atomic E-state index is -4.29. The van der Waals surface area contributed by atoms with Gasteiger partial charge in [-0.3, -0.25) is 0 Å². The van der Waals surface area contributed by atoms with Crippen LogP contribution in [0.1, 0.15) is 33.6 Å². The lowest BCUT2D eigenvalue weighted by Crippen LogP contribution is -2.54. The maximum atomic E-state index is 12.8. The zero-order chi connectivity index (χ0) is 14.7. The van der Waals surface area contributed by atoms with Gasteiger partial charge in [0.1, 0.15) is 11.6 Å². The Labute approximate surface area is 111 Å². The molecule has 4 nitrogen and oxygen atoms in total. The highest BCUT2D eigenvalue weighted by atomic mass is 19.4. The summed E-state index contributed by atoms with van der Waals surface area (Å²) in [7, 11) is 0. The Morgan fingerprint density at radius 1 is 1.37 bits per heavy atom. The number of piperidine rings is 1. The Bertz CT molecular complexity index is 313. The highest BCUT2D eigenvalue weighted by molar-refractivity contribution is 5.67. The van der Waals surface area contributed by atoms with Crippen LogP contribution in [0.25, 0.3) is 0 Å². The van der Waals surface area contributed by atoms with E-state index in [0.717, 1.165) is 0 Å². The van der Waals surface area contributed by atoms with Crippen molar-refractivity contribution in [1.82, 2.24) is 10.6 Å². The van der Waals surface area contributed by atoms with Crippen LogP contribution in [0, 0.1) is 5.92 Å². The average Bonchev–Trinajstić information content (AvgIpc) is 2.23. The first-order chi connectivity index (χ1) is 8.59. The highest BCUT2D eigenvalue weighted by Gasteiger charge is 2.45. The molecule has 0 aliphatic carbocycles. The molecule has 1 rings (SSSR count).